The molecule has 1 aromatic rings. The van der Waals surface area contributed by atoms with Gasteiger partial charge in [-0.3, -0.25) is 9.69 Å². The molecule has 0 spiro atoms. The van der Waals surface area contributed by atoms with E-state index in [4.69, 9.17) is 22.6 Å². The number of rotatable bonds is 6. The fourth-order valence-corrected chi connectivity index (χ4v) is 4.75. The van der Waals surface area contributed by atoms with Crippen LogP contribution in [0, 0.1) is 29.1 Å². The summed E-state index contributed by atoms with van der Waals surface area (Å²) in [5.41, 5.74) is 6.49. The quantitative estimate of drug-likeness (QED) is 0.811. The van der Waals surface area contributed by atoms with Crippen LogP contribution < -0.4 is 10.6 Å². The Balaban J connectivity index is 1.38. The molecule has 146 valence electrons. The fraction of sp³-hybridized carbons (Fsp3) is 0.619. The number of para-hydroxylation sites is 1. The molecule has 5 nitrogen and oxygen atoms in total. The lowest BCUT2D eigenvalue weighted by molar-refractivity contribution is -0.122. The van der Waals surface area contributed by atoms with E-state index in [-0.39, 0.29) is 5.92 Å². The van der Waals surface area contributed by atoms with Crippen LogP contribution in [-0.4, -0.2) is 43.5 Å². The van der Waals surface area contributed by atoms with Gasteiger partial charge in [-0.2, -0.15) is 5.26 Å². The highest BCUT2D eigenvalue weighted by molar-refractivity contribution is 6.33. The van der Waals surface area contributed by atoms with Gasteiger partial charge in [-0.15, -0.1) is 0 Å². The Bertz CT molecular complexity index is 673. The number of halogens is 1. The highest BCUT2D eigenvalue weighted by Gasteiger charge is 2.31. The molecule has 1 aliphatic carbocycles. The van der Waals surface area contributed by atoms with Gasteiger partial charge in [0.25, 0.3) is 0 Å². The van der Waals surface area contributed by atoms with Crippen molar-refractivity contribution in [2.24, 2.45) is 23.5 Å². The third-order valence-corrected chi connectivity index (χ3v) is 6.55. The van der Waals surface area contributed by atoms with Crippen molar-refractivity contribution >= 4 is 23.2 Å². The second kappa shape index (κ2) is 9.43. The maximum absolute atomic E-state index is 11.4. The minimum absolute atomic E-state index is 0.155. The first-order valence-electron chi connectivity index (χ1n) is 9.99. The Hall–Kier alpha value is -1.77. The first-order valence-corrected chi connectivity index (χ1v) is 10.4. The molecule has 1 unspecified atom stereocenters. The summed E-state index contributed by atoms with van der Waals surface area (Å²) in [5, 5.41) is 9.97. The second-order valence-corrected chi connectivity index (χ2v) is 8.27. The molecule has 2 fully saturated rings. The van der Waals surface area contributed by atoms with E-state index >= 15 is 0 Å². The predicted molar refractivity (Wildman–Crippen MR) is 108 cm³/mol. The number of carbonyl (C=O) groups excluding carboxylic acids is 1. The highest BCUT2D eigenvalue weighted by Crippen LogP contribution is 2.35. The lowest BCUT2D eigenvalue weighted by Crippen LogP contribution is -2.47. The van der Waals surface area contributed by atoms with Crippen LogP contribution in [0.25, 0.3) is 0 Å². The molecule has 1 saturated heterocycles. The molecule has 2 aliphatic rings. The highest BCUT2D eigenvalue weighted by atomic mass is 35.5. The van der Waals surface area contributed by atoms with Gasteiger partial charge in [0, 0.05) is 26.2 Å². The van der Waals surface area contributed by atoms with E-state index in [1.54, 1.807) is 0 Å². The summed E-state index contributed by atoms with van der Waals surface area (Å²) < 4.78 is 0. The number of carbonyl (C=O) groups is 1. The molecule has 0 bridgehead atoms. The lowest BCUT2D eigenvalue weighted by atomic mass is 9.75. The van der Waals surface area contributed by atoms with E-state index in [1.807, 2.05) is 18.2 Å². The Morgan fingerprint density at radius 3 is 2.44 bits per heavy atom. The molecule has 1 saturated carbocycles. The van der Waals surface area contributed by atoms with Crippen LogP contribution in [0.1, 0.15) is 32.1 Å². The van der Waals surface area contributed by atoms with Crippen molar-refractivity contribution in [3.05, 3.63) is 29.3 Å². The summed E-state index contributed by atoms with van der Waals surface area (Å²) in [6.45, 7) is 5.29. The SMILES string of the molecule is N#CC(C(N)=O)C1CCC(CCN2CCN(c3ccccc3Cl)CC2)CC1. The molecule has 1 aliphatic heterocycles. The predicted octanol–water partition coefficient (Wildman–Crippen LogP) is 3.28. The Morgan fingerprint density at radius 1 is 1.19 bits per heavy atom. The van der Waals surface area contributed by atoms with Gasteiger partial charge in [0.1, 0.15) is 5.92 Å². The van der Waals surface area contributed by atoms with Crippen molar-refractivity contribution in [1.82, 2.24) is 4.90 Å². The van der Waals surface area contributed by atoms with Crippen molar-refractivity contribution in [3.8, 4) is 6.07 Å². The summed E-state index contributed by atoms with van der Waals surface area (Å²) in [6, 6.07) is 10.2. The van der Waals surface area contributed by atoms with E-state index < -0.39 is 11.8 Å². The van der Waals surface area contributed by atoms with Crippen molar-refractivity contribution in [1.29, 1.82) is 5.26 Å². The van der Waals surface area contributed by atoms with Crippen LogP contribution in [-0.2, 0) is 4.79 Å². The number of nitrogens with zero attached hydrogens (tertiary/aromatic N) is 3. The minimum atomic E-state index is -0.608. The number of hydrogen-bond acceptors (Lipinski definition) is 4. The van der Waals surface area contributed by atoms with Gasteiger partial charge < -0.3 is 10.6 Å². The number of hydrogen-bond donors (Lipinski definition) is 1. The minimum Gasteiger partial charge on any atom is -0.369 e. The largest absolute Gasteiger partial charge is 0.369 e. The molecule has 0 radical (unpaired) electrons. The van der Waals surface area contributed by atoms with Crippen LogP contribution >= 0.6 is 11.6 Å². The monoisotopic (exact) mass is 388 g/mol. The van der Waals surface area contributed by atoms with Crippen LogP contribution in [0.2, 0.25) is 5.02 Å². The molecular weight excluding hydrogens is 360 g/mol. The zero-order valence-corrected chi connectivity index (χ0v) is 16.6. The van der Waals surface area contributed by atoms with E-state index in [2.05, 4.69) is 21.9 Å². The van der Waals surface area contributed by atoms with Crippen LogP contribution in [0.4, 0.5) is 5.69 Å². The summed E-state index contributed by atoms with van der Waals surface area (Å²) >= 11 is 6.32. The molecule has 1 amide bonds. The van der Waals surface area contributed by atoms with E-state index in [0.29, 0.717) is 5.92 Å². The lowest BCUT2D eigenvalue weighted by Gasteiger charge is -2.37. The third kappa shape index (κ3) is 5.15. The smallest absolute Gasteiger partial charge is 0.235 e. The molecule has 0 aromatic heterocycles. The maximum Gasteiger partial charge on any atom is 0.235 e. The number of anilines is 1. The van der Waals surface area contributed by atoms with Gasteiger partial charge in [-0.05, 0) is 49.8 Å². The van der Waals surface area contributed by atoms with Gasteiger partial charge in [-0.1, -0.05) is 36.6 Å². The normalized spacial score (nSPS) is 25.0. The summed E-state index contributed by atoms with van der Waals surface area (Å²) in [7, 11) is 0. The van der Waals surface area contributed by atoms with Gasteiger partial charge in [-0.25, -0.2) is 0 Å². The molecule has 1 atom stereocenters. The second-order valence-electron chi connectivity index (χ2n) is 7.86. The van der Waals surface area contributed by atoms with Crippen molar-refractivity contribution < 1.29 is 4.79 Å². The average Bonchev–Trinajstić information content (AvgIpc) is 2.68. The van der Waals surface area contributed by atoms with Gasteiger partial charge in [0.15, 0.2) is 0 Å². The van der Waals surface area contributed by atoms with E-state index in [0.717, 1.165) is 69.1 Å². The Labute approximate surface area is 167 Å². The van der Waals surface area contributed by atoms with Crippen molar-refractivity contribution in [3.63, 3.8) is 0 Å². The molecule has 3 rings (SSSR count). The molecule has 6 heteroatoms. The molecule has 1 aromatic carbocycles. The first-order chi connectivity index (χ1) is 13.1. The molecule has 2 N–H and O–H groups in total. The topological polar surface area (TPSA) is 73.4 Å². The fourth-order valence-electron chi connectivity index (χ4n) is 4.50. The van der Waals surface area contributed by atoms with Crippen molar-refractivity contribution in [2.45, 2.75) is 32.1 Å². The Morgan fingerprint density at radius 2 is 1.85 bits per heavy atom. The molecule has 1 heterocycles. The van der Waals surface area contributed by atoms with E-state index in [1.165, 1.54) is 6.42 Å². The number of primary amides is 1. The summed E-state index contributed by atoms with van der Waals surface area (Å²) in [6.07, 6.45) is 5.32. The zero-order chi connectivity index (χ0) is 19.2. The number of amides is 1. The third-order valence-electron chi connectivity index (χ3n) is 6.23. The summed E-state index contributed by atoms with van der Waals surface area (Å²) in [4.78, 5) is 16.3. The van der Waals surface area contributed by atoms with Crippen LogP contribution in [0.3, 0.4) is 0 Å². The average molecular weight is 389 g/mol. The van der Waals surface area contributed by atoms with Crippen molar-refractivity contribution in [2.75, 3.05) is 37.6 Å². The Kier molecular flexibility index (Phi) is 6.98. The first kappa shape index (κ1) is 20.0. The maximum atomic E-state index is 11.4. The summed E-state index contributed by atoms with van der Waals surface area (Å²) in [5.74, 6) is -0.209. The number of nitriles is 1. The van der Waals surface area contributed by atoms with Gasteiger partial charge >= 0.3 is 0 Å². The zero-order valence-electron chi connectivity index (χ0n) is 15.8. The van der Waals surface area contributed by atoms with Gasteiger partial charge in [0.05, 0.1) is 16.8 Å². The van der Waals surface area contributed by atoms with Crippen LogP contribution in [0.5, 0.6) is 0 Å². The number of piperazine rings is 1. The van der Waals surface area contributed by atoms with Crippen LogP contribution in [0.15, 0.2) is 24.3 Å². The molecular formula is C21H29ClN4O. The van der Waals surface area contributed by atoms with E-state index in [9.17, 15) is 4.79 Å². The van der Waals surface area contributed by atoms with Gasteiger partial charge in [0.2, 0.25) is 5.91 Å². The number of benzene rings is 1. The number of nitrogens with two attached hydrogens (primary N) is 1. The molecule has 27 heavy (non-hydrogen) atoms. The standard InChI is InChI=1S/C21H29ClN4O/c22-19-3-1-2-4-20(19)26-13-11-25(12-14-26)10-9-16-5-7-17(8-6-16)18(15-23)21(24)27/h1-4,16-18H,5-14H2,(H2,24,27).